The Morgan fingerprint density at radius 3 is 2.28 bits per heavy atom. The van der Waals surface area contributed by atoms with Gasteiger partial charge in [-0.2, -0.15) is 13.2 Å². The Labute approximate surface area is 96.3 Å². The van der Waals surface area contributed by atoms with Gasteiger partial charge in [-0.3, -0.25) is 4.79 Å². The second-order valence-electron chi connectivity index (χ2n) is 3.44. The molecule has 0 atom stereocenters. The molecular formula is C10H5F3O5. The molecule has 0 aliphatic rings. The molecule has 0 spiro atoms. The Morgan fingerprint density at radius 2 is 1.72 bits per heavy atom. The van der Waals surface area contributed by atoms with Crippen molar-refractivity contribution in [3.05, 3.63) is 28.1 Å². The van der Waals surface area contributed by atoms with Crippen LogP contribution in [-0.2, 0) is 6.18 Å². The van der Waals surface area contributed by atoms with Crippen molar-refractivity contribution in [3.8, 4) is 17.2 Å². The highest BCUT2D eigenvalue weighted by molar-refractivity contribution is 5.85. The molecule has 0 saturated carbocycles. The number of phenolic OH excluding ortho intramolecular Hbond substituents is 2. The fraction of sp³-hybridized carbons (Fsp3) is 0.100. The summed E-state index contributed by atoms with van der Waals surface area (Å²) in [5, 5.41) is 26.9. The number of benzene rings is 1. The summed E-state index contributed by atoms with van der Waals surface area (Å²) in [6.07, 6.45) is -5.07. The van der Waals surface area contributed by atoms with Gasteiger partial charge in [0.1, 0.15) is 22.5 Å². The van der Waals surface area contributed by atoms with Crippen LogP contribution in [0.5, 0.6) is 17.2 Å². The SMILES string of the molecule is O=c1c(O)c(C(F)(F)F)oc2cc(O)cc(O)c12. The number of aromatic hydroxyl groups is 3. The lowest BCUT2D eigenvalue weighted by Crippen LogP contribution is -2.12. The van der Waals surface area contributed by atoms with Gasteiger partial charge in [0, 0.05) is 12.1 Å². The van der Waals surface area contributed by atoms with E-state index in [2.05, 4.69) is 4.42 Å². The van der Waals surface area contributed by atoms with Gasteiger partial charge in [0.05, 0.1) is 0 Å². The van der Waals surface area contributed by atoms with Crippen LogP contribution in [0.25, 0.3) is 11.0 Å². The summed E-state index contributed by atoms with van der Waals surface area (Å²) in [6, 6.07) is 1.47. The Kier molecular flexibility index (Phi) is 2.39. The standard InChI is InChI=1S/C10H5F3O5/c11-10(12,13)9-8(17)7(16)6-4(15)1-3(14)2-5(6)18-9/h1-2,14-15,17H. The normalized spacial score (nSPS) is 11.9. The van der Waals surface area contributed by atoms with Crippen LogP contribution in [0.2, 0.25) is 0 Å². The van der Waals surface area contributed by atoms with E-state index in [0.29, 0.717) is 0 Å². The van der Waals surface area contributed by atoms with Crippen LogP contribution >= 0.6 is 0 Å². The van der Waals surface area contributed by atoms with Crippen LogP contribution in [0.15, 0.2) is 21.3 Å². The van der Waals surface area contributed by atoms with Gasteiger partial charge in [-0.15, -0.1) is 0 Å². The van der Waals surface area contributed by atoms with Crippen LogP contribution in [-0.4, -0.2) is 15.3 Å². The maximum Gasteiger partial charge on any atom is 0.453 e. The molecule has 0 aliphatic carbocycles. The van der Waals surface area contributed by atoms with Crippen LogP contribution in [0.1, 0.15) is 5.76 Å². The highest BCUT2D eigenvalue weighted by Crippen LogP contribution is 2.38. The number of rotatable bonds is 0. The minimum Gasteiger partial charge on any atom is -0.508 e. The van der Waals surface area contributed by atoms with Gasteiger partial charge in [0.25, 0.3) is 5.76 Å². The average molecular weight is 262 g/mol. The van der Waals surface area contributed by atoms with E-state index in [4.69, 9.17) is 10.2 Å². The minimum absolute atomic E-state index is 0.582. The number of fused-ring (bicyclic) bond motifs is 1. The summed E-state index contributed by atoms with van der Waals surface area (Å²) in [4.78, 5) is 11.5. The Balaban J connectivity index is 2.98. The quantitative estimate of drug-likeness (QED) is 0.674. The second kappa shape index (κ2) is 3.56. The molecule has 96 valence electrons. The molecule has 2 aromatic rings. The van der Waals surface area contributed by atoms with Crippen molar-refractivity contribution in [2.45, 2.75) is 6.18 Å². The summed E-state index contributed by atoms with van der Waals surface area (Å²) in [6.45, 7) is 0. The third-order valence-electron chi connectivity index (χ3n) is 2.19. The van der Waals surface area contributed by atoms with Crippen molar-refractivity contribution in [1.29, 1.82) is 0 Å². The van der Waals surface area contributed by atoms with E-state index >= 15 is 0 Å². The highest BCUT2D eigenvalue weighted by atomic mass is 19.4. The van der Waals surface area contributed by atoms with E-state index in [1.54, 1.807) is 0 Å². The van der Waals surface area contributed by atoms with Crippen LogP contribution in [0, 0.1) is 0 Å². The first-order valence-corrected chi connectivity index (χ1v) is 4.50. The smallest absolute Gasteiger partial charge is 0.453 e. The second-order valence-corrected chi connectivity index (χ2v) is 3.44. The first kappa shape index (κ1) is 12.1. The van der Waals surface area contributed by atoms with E-state index in [1.165, 1.54) is 0 Å². The molecule has 0 aliphatic heterocycles. The molecule has 0 unspecified atom stereocenters. The van der Waals surface area contributed by atoms with Crippen molar-refractivity contribution < 1.29 is 32.9 Å². The van der Waals surface area contributed by atoms with Gasteiger partial charge in [0.15, 0.2) is 0 Å². The van der Waals surface area contributed by atoms with Crippen LogP contribution < -0.4 is 5.43 Å². The number of phenols is 2. The molecule has 0 bridgehead atoms. The molecule has 8 heteroatoms. The Hall–Kier alpha value is -2.38. The minimum atomic E-state index is -5.07. The maximum atomic E-state index is 12.4. The van der Waals surface area contributed by atoms with Gasteiger partial charge in [-0.05, 0) is 0 Å². The van der Waals surface area contributed by atoms with Gasteiger partial charge >= 0.3 is 6.18 Å². The third-order valence-corrected chi connectivity index (χ3v) is 2.19. The fourth-order valence-electron chi connectivity index (χ4n) is 1.47. The third kappa shape index (κ3) is 1.71. The lowest BCUT2D eigenvalue weighted by Gasteiger charge is -2.09. The number of hydrogen-bond donors (Lipinski definition) is 3. The van der Waals surface area contributed by atoms with Crippen molar-refractivity contribution in [3.63, 3.8) is 0 Å². The molecule has 1 aromatic heterocycles. The highest BCUT2D eigenvalue weighted by Gasteiger charge is 2.39. The summed E-state index contributed by atoms with van der Waals surface area (Å²) in [5.74, 6) is -4.90. The predicted octanol–water partition coefficient (Wildman–Crippen LogP) is 1.93. The first-order valence-electron chi connectivity index (χ1n) is 4.50. The van der Waals surface area contributed by atoms with Crippen molar-refractivity contribution in [1.82, 2.24) is 0 Å². The van der Waals surface area contributed by atoms with E-state index < -0.39 is 45.6 Å². The number of hydrogen-bond acceptors (Lipinski definition) is 5. The van der Waals surface area contributed by atoms with Crippen molar-refractivity contribution in [2.24, 2.45) is 0 Å². The zero-order valence-electron chi connectivity index (χ0n) is 8.45. The molecule has 5 nitrogen and oxygen atoms in total. The molecular weight excluding hydrogens is 257 g/mol. The van der Waals surface area contributed by atoms with E-state index in [0.717, 1.165) is 12.1 Å². The predicted molar refractivity (Wildman–Crippen MR) is 52.5 cm³/mol. The molecule has 1 aromatic carbocycles. The maximum absolute atomic E-state index is 12.4. The molecule has 0 amide bonds. The number of halogens is 3. The van der Waals surface area contributed by atoms with Crippen molar-refractivity contribution >= 4 is 11.0 Å². The summed E-state index contributed by atoms with van der Waals surface area (Å²) in [7, 11) is 0. The molecule has 0 fully saturated rings. The topological polar surface area (TPSA) is 90.9 Å². The Bertz CT molecular complexity index is 686. The van der Waals surface area contributed by atoms with Gasteiger partial charge in [-0.1, -0.05) is 0 Å². The van der Waals surface area contributed by atoms with Gasteiger partial charge in [-0.25, -0.2) is 0 Å². The average Bonchev–Trinajstić information content (AvgIpc) is 2.20. The van der Waals surface area contributed by atoms with Gasteiger partial charge in [0.2, 0.25) is 11.2 Å². The molecule has 0 radical (unpaired) electrons. The van der Waals surface area contributed by atoms with Gasteiger partial charge < -0.3 is 19.7 Å². The van der Waals surface area contributed by atoms with E-state index in [-0.39, 0.29) is 0 Å². The largest absolute Gasteiger partial charge is 0.508 e. The molecule has 0 saturated heterocycles. The Morgan fingerprint density at radius 1 is 1.11 bits per heavy atom. The van der Waals surface area contributed by atoms with Crippen molar-refractivity contribution in [2.75, 3.05) is 0 Å². The lowest BCUT2D eigenvalue weighted by atomic mass is 10.1. The molecule has 3 N–H and O–H groups in total. The zero-order chi connectivity index (χ0) is 13.7. The summed E-state index contributed by atoms with van der Waals surface area (Å²) < 4.78 is 41.6. The van der Waals surface area contributed by atoms with E-state index in [1.807, 2.05) is 0 Å². The summed E-state index contributed by atoms with van der Waals surface area (Å²) in [5.41, 5.74) is -2.11. The van der Waals surface area contributed by atoms with Crippen LogP contribution in [0.3, 0.4) is 0 Å². The molecule has 18 heavy (non-hydrogen) atoms. The zero-order valence-corrected chi connectivity index (χ0v) is 8.45. The summed E-state index contributed by atoms with van der Waals surface area (Å²) >= 11 is 0. The lowest BCUT2D eigenvalue weighted by molar-refractivity contribution is -0.154. The fourth-order valence-corrected chi connectivity index (χ4v) is 1.47. The number of alkyl halides is 3. The first-order chi connectivity index (χ1) is 8.21. The molecule has 2 rings (SSSR count). The van der Waals surface area contributed by atoms with Crippen LogP contribution in [0.4, 0.5) is 13.2 Å². The monoisotopic (exact) mass is 262 g/mol. The van der Waals surface area contributed by atoms with E-state index in [9.17, 15) is 23.1 Å². The molecule has 1 heterocycles.